The lowest BCUT2D eigenvalue weighted by atomic mass is 10.3. The first-order valence-electron chi connectivity index (χ1n) is 7.38. The van der Waals surface area contributed by atoms with E-state index < -0.39 is 9.84 Å². The van der Waals surface area contributed by atoms with Crippen LogP contribution in [0.4, 0.5) is 0 Å². The average Bonchev–Trinajstić information content (AvgIpc) is 2.83. The molecule has 1 aliphatic rings. The van der Waals surface area contributed by atoms with Crippen molar-refractivity contribution in [2.45, 2.75) is 25.5 Å². The minimum absolute atomic E-state index is 0.0340. The predicted molar refractivity (Wildman–Crippen MR) is 88.1 cm³/mol. The molecule has 1 aliphatic heterocycles. The number of rotatable bonds is 5. The zero-order valence-corrected chi connectivity index (χ0v) is 13.8. The molecule has 0 aliphatic carbocycles. The Bertz CT molecular complexity index is 602. The Morgan fingerprint density at radius 1 is 1.41 bits per heavy atom. The highest BCUT2D eigenvalue weighted by Crippen LogP contribution is 2.11. The highest BCUT2D eigenvalue weighted by molar-refractivity contribution is 7.91. The molecule has 7 heteroatoms. The minimum Gasteiger partial charge on any atom is -0.489 e. The van der Waals surface area contributed by atoms with Crippen molar-refractivity contribution >= 4 is 15.8 Å². The van der Waals surface area contributed by atoms with Crippen LogP contribution in [0.3, 0.4) is 0 Å². The number of para-hydroxylation sites is 1. The molecule has 2 rings (SSSR count). The van der Waals surface area contributed by atoms with Crippen LogP contribution in [0, 0.1) is 0 Å². The molecule has 0 saturated carbocycles. The molecule has 0 radical (unpaired) electrons. The second-order valence-corrected chi connectivity index (χ2v) is 7.67. The summed E-state index contributed by atoms with van der Waals surface area (Å²) in [6.45, 7) is 2.54. The van der Waals surface area contributed by atoms with E-state index in [1.165, 1.54) is 0 Å². The summed E-state index contributed by atoms with van der Waals surface area (Å²) in [5.74, 6) is 1.84. The third-order valence-electron chi connectivity index (χ3n) is 3.43. The van der Waals surface area contributed by atoms with Crippen LogP contribution in [0.2, 0.25) is 0 Å². The third-order valence-corrected chi connectivity index (χ3v) is 5.20. The Balaban J connectivity index is 1.77. The summed E-state index contributed by atoms with van der Waals surface area (Å²) in [5.41, 5.74) is 0. The molecule has 1 saturated heterocycles. The van der Waals surface area contributed by atoms with Crippen molar-refractivity contribution < 1.29 is 13.2 Å². The maximum absolute atomic E-state index is 11.5. The standard InChI is InChI=1S/C15H23N3O3S/c1-12(21-14-6-4-3-5-7-14)10-17-15(16-2)18-13-8-9-22(19,20)11-13/h3-7,12-13H,8-11H2,1-2H3,(H2,16,17,18). The lowest BCUT2D eigenvalue weighted by molar-refractivity contribution is 0.223. The number of ether oxygens (including phenoxy) is 1. The van der Waals surface area contributed by atoms with E-state index >= 15 is 0 Å². The highest BCUT2D eigenvalue weighted by atomic mass is 32.2. The van der Waals surface area contributed by atoms with E-state index in [0.717, 1.165) is 5.75 Å². The Morgan fingerprint density at radius 3 is 2.73 bits per heavy atom. The zero-order valence-electron chi connectivity index (χ0n) is 13.0. The van der Waals surface area contributed by atoms with E-state index in [1.54, 1.807) is 7.05 Å². The molecule has 2 unspecified atom stereocenters. The number of sulfone groups is 1. The van der Waals surface area contributed by atoms with Gasteiger partial charge >= 0.3 is 0 Å². The van der Waals surface area contributed by atoms with Gasteiger partial charge < -0.3 is 15.4 Å². The Kier molecular flexibility index (Phi) is 5.65. The van der Waals surface area contributed by atoms with Crippen LogP contribution in [0.15, 0.2) is 35.3 Å². The molecule has 122 valence electrons. The number of nitrogens with one attached hydrogen (secondary N) is 2. The van der Waals surface area contributed by atoms with Gasteiger partial charge in [-0.15, -0.1) is 0 Å². The van der Waals surface area contributed by atoms with Crippen LogP contribution in [-0.2, 0) is 9.84 Å². The average molecular weight is 325 g/mol. The van der Waals surface area contributed by atoms with Gasteiger partial charge in [-0.05, 0) is 25.5 Å². The Morgan fingerprint density at radius 2 is 2.14 bits per heavy atom. The summed E-state index contributed by atoms with van der Waals surface area (Å²) in [6.07, 6.45) is 0.590. The normalized spacial score (nSPS) is 22.1. The van der Waals surface area contributed by atoms with Gasteiger partial charge in [0.05, 0.1) is 18.1 Å². The molecule has 2 atom stereocenters. The molecule has 0 spiro atoms. The van der Waals surface area contributed by atoms with Crippen LogP contribution in [0.25, 0.3) is 0 Å². The number of benzene rings is 1. The summed E-state index contributed by atoms with van der Waals surface area (Å²) in [6, 6.07) is 9.55. The predicted octanol–water partition coefficient (Wildman–Crippen LogP) is 0.806. The molecule has 1 fully saturated rings. The number of nitrogens with zero attached hydrogens (tertiary/aromatic N) is 1. The molecule has 6 nitrogen and oxygen atoms in total. The van der Waals surface area contributed by atoms with Gasteiger partial charge in [-0.3, -0.25) is 4.99 Å². The lowest BCUT2D eigenvalue weighted by Crippen LogP contribution is -2.46. The topological polar surface area (TPSA) is 79.8 Å². The van der Waals surface area contributed by atoms with Gasteiger partial charge in [0.25, 0.3) is 0 Å². The van der Waals surface area contributed by atoms with E-state index in [2.05, 4.69) is 15.6 Å². The monoisotopic (exact) mass is 325 g/mol. The third kappa shape index (κ3) is 5.22. The van der Waals surface area contributed by atoms with Crippen molar-refractivity contribution in [3.8, 4) is 5.75 Å². The van der Waals surface area contributed by atoms with Gasteiger partial charge in [-0.25, -0.2) is 8.42 Å². The van der Waals surface area contributed by atoms with Crippen molar-refractivity contribution in [2.24, 2.45) is 4.99 Å². The molecule has 1 aromatic rings. The number of guanidine groups is 1. The van der Waals surface area contributed by atoms with Crippen LogP contribution >= 0.6 is 0 Å². The summed E-state index contributed by atoms with van der Waals surface area (Å²) < 4.78 is 28.7. The largest absolute Gasteiger partial charge is 0.489 e. The van der Waals surface area contributed by atoms with Crippen molar-refractivity contribution in [2.75, 3.05) is 25.1 Å². The number of hydrogen-bond acceptors (Lipinski definition) is 4. The molecular weight excluding hydrogens is 302 g/mol. The summed E-state index contributed by atoms with van der Waals surface area (Å²) in [5, 5.41) is 6.31. The molecular formula is C15H23N3O3S. The maximum Gasteiger partial charge on any atom is 0.191 e. The van der Waals surface area contributed by atoms with Crippen LogP contribution in [0.5, 0.6) is 5.75 Å². The van der Waals surface area contributed by atoms with Gasteiger partial charge in [0.1, 0.15) is 11.9 Å². The quantitative estimate of drug-likeness (QED) is 0.618. The van der Waals surface area contributed by atoms with Gasteiger partial charge in [-0.1, -0.05) is 18.2 Å². The van der Waals surface area contributed by atoms with Crippen molar-refractivity contribution in [1.29, 1.82) is 0 Å². The lowest BCUT2D eigenvalue weighted by Gasteiger charge is -2.19. The van der Waals surface area contributed by atoms with E-state index in [0.29, 0.717) is 18.9 Å². The molecule has 22 heavy (non-hydrogen) atoms. The fraction of sp³-hybridized carbons (Fsp3) is 0.533. The molecule has 2 N–H and O–H groups in total. The van der Waals surface area contributed by atoms with Gasteiger partial charge in [0.15, 0.2) is 15.8 Å². The van der Waals surface area contributed by atoms with Crippen molar-refractivity contribution in [3.05, 3.63) is 30.3 Å². The maximum atomic E-state index is 11.5. The second-order valence-electron chi connectivity index (χ2n) is 5.44. The summed E-state index contributed by atoms with van der Waals surface area (Å²) in [7, 11) is -1.22. The van der Waals surface area contributed by atoms with E-state index in [4.69, 9.17) is 4.74 Å². The zero-order chi connectivity index (χ0) is 16.0. The molecule has 0 aromatic heterocycles. The highest BCUT2D eigenvalue weighted by Gasteiger charge is 2.28. The second kappa shape index (κ2) is 7.49. The minimum atomic E-state index is -2.89. The van der Waals surface area contributed by atoms with E-state index in [9.17, 15) is 8.42 Å². The van der Waals surface area contributed by atoms with Crippen LogP contribution < -0.4 is 15.4 Å². The van der Waals surface area contributed by atoms with Gasteiger partial charge in [-0.2, -0.15) is 0 Å². The first-order chi connectivity index (χ1) is 10.5. The summed E-state index contributed by atoms with van der Waals surface area (Å²) >= 11 is 0. The fourth-order valence-electron chi connectivity index (χ4n) is 2.31. The Hall–Kier alpha value is -1.76. The number of hydrogen-bond donors (Lipinski definition) is 2. The molecule has 0 bridgehead atoms. The molecule has 1 heterocycles. The fourth-order valence-corrected chi connectivity index (χ4v) is 3.98. The van der Waals surface area contributed by atoms with Crippen LogP contribution in [0.1, 0.15) is 13.3 Å². The molecule has 1 aromatic carbocycles. The van der Waals surface area contributed by atoms with Gasteiger partial charge in [0, 0.05) is 13.1 Å². The molecule has 0 amide bonds. The van der Waals surface area contributed by atoms with Crippen molar-refractivity contribution in [3.63, 3.8) is 0 Å². The van der Waals surface area contributed by atoms with Crippen LogP contribution in [-0.4, -0.2) is 51.6 Å². The van der Waals surface area contributed by atoms with E-state index in [-0.39, 0.29) is 23.7 Å². The number of aliphatic imine (C=N–C) groups is 1. The Labute approximate surface area is 131 Å². The van der Waals surface area contributed by atoms with E-state index in [1.807, 2.05) is 37.3 Å². The van der Waals surface area contributed by atoms with Crippen molar-refractivity contribution in [1.82, 2.24) is 10.6 Å². The van der Waals surface area contributed by atoms with Gasteiger partial charge in [0.2, 0.25) is 0 Å². The summed E-state index contributed by atoms with van der Waals surface area (Å²) in [4.78, 5) is 4.12. The first kappa shape index (κ1) is 16.6. The SMILES string of the molecule is CN=C(NCC(C)Oc1ccccc1)NC1CCS(=O)(=O)C1. The first-order valence-corrected chi connectivity index (χ1v) is 9.20. The smallest absolute Gasteiger partial charge is 0.191 e.